The molecule has 0 aliphatic carbocycles. The molecule has 0 unspecified atom stereocenters. The predicted molar refractivity (Wildman–Crippen MR) is 74.0 cm³/mol. The van der Waals surface area contributed by atoms with Crippen LogP contribution in [0.1, 0.15) is 9.67 Å². The lowest BCUT2D eigenvalue weighted by atomic mass is 10.3. The number of nitrogens with zero attached hydrogens (tertiary/aromatic N) is 1. The van der Waals surface area contributed by atoms with Gasteiger partial charge in [0.2, 0.25) is 0 Å². The number of hydrogen-bond donors (Lipinski definition) is 1. The van der Waals surface area contributed by atoms with E-state index in [4.69, 9.17) is 0 Å². The highest BCUT2D eigenvalue weighted by Gasteiger charge is 2.13. The minimum Gasteiger partial charge on any atom is -0.347 e. The zero-order chi connectivity index (χ0) is 12.3. The molecule has 0 bridgehead atoms. The van der Waals surface area contributed by atoms with Crippen LogP contribution < -0.4 is 5.32 Å². The van der Waals surface area contributed by atoms with Crippen LogP contribution in [-0.4, -0.2) is 17.0 Å². The van der Waals surface area contributed by atoms with Crippen molar-refractivity contribution in [2.45, 2.75) is 0 Å². The Bertz CT molecular complexity index is 530. The van der Waals surface area contributed by atoms with E-state index in [1.54, 1.807) is 0 Å². The van der Waals surface area contributed by atoms with E-state index in [1.165, 1.54) is 11.3 Å². The zero-order valence-electron chi connectivity index (χ0n) is 9.02. The fourth-order valence-corrected chi connectivity index (χ4v) is 2.37. The van der Waals surface area contributed by atoms with Gasteiger partial charge in [0.15, 0.2) is 0 Å². The summed E-state index contributed by atoms with van der Waals surface area (Å²) in [6.45, 7) is 4.11. The van der Waals surface area contributed by atoms with E-state index in [1.807, 2.05) is 40.5 Å². The first-order valence-corrected chi connectivity index (χ1v) is 6.68. The van der Waals surface area contributed by atoms with Gasteiger partial charge in [-0.15, -0.1) is 11.3 Å². The number of aromatic nitrogens is 1. The third-order valence-electron chi connectivity index (χ3n) is 2.17. The Hall–Kier alpha value is -1.33. The molecule has 0 fully saturated rings. The third kappa shape index (κ3) is 2.87. The number of halogens is 1. The number of amides is 1. The van der Waals surface area contributed by atoms with Crippen molar-refractivity contribution < 1.29 is 4.79 Å². The van der Waals surface area contributed by atoms with Gasteiger partial charge in [0.25, 0.3) is 5.91 Å². The standard InChI is InChI=1S/C12H11BrN2OS/c1-9(13)8-14-12(16)11-10(4-7-17-11)15-5-2-3-6-15/h2-7H,1,8H2,(H,14,16). The molecule has 0 atom stereocenters. The summed E-state index contributed by atoms with van der Waals surface area (Å²) in [6, 6.07) is 5.79. The van der Waals surface area contributed by atoms with E-state index in [0.29, 0.717) is 11.4 Å². The lowest BCUT2D eigenvalue weighted by Gasteiger charge is -2.06. The monoisotopic (exact) mass is 310 g/mol. The second-order valence-corrected chi connectivity index (χ2v) is 5.46. The van der Waals surface area contributed by atoms with Gasteiger partial charge in [-0.1, -0.05) is 22.5 Å². The zero-order valence-corrected chi connectivity index (χ0v) is 11.4. The van der Waals surface area contributed by atoms with E-state index in [9.17, 15) is 4.79 Å². The topological polar surface area (TPSA) is 34.0 Å². The van der Waals surface area contributed by atoms with Crippen LogP contribution in [0.25, 0.3) is 5.69 Å². The van der Waals surface area contributed by atoms with Crippen LogP contribution in [-0.2, 0) is 0 Å². The number of carbonyl (C=O) groups excluding carboxylic acids is 1. The Kier molecular flexibility index (Phi) is 3.81. The molecule has 17 heavy (non-hydrogen) atoms. The van der Waals surface area contributed by atoms with Gasteiger partial charge in [-0.3, -0.25) is 4.79 Å². The summed E-state index contributed by atoms with van der Waals surface area (Å²) in [5.74, 6) is -0.0794. The Morgan fingerprint density at radius 2 is 2.18 bits per heavy atom. The molecule has 0 saturated carbocycles. The van der Waals surface area contributed by atoms with Gasteiger partial charge in [0, 0.05) is 23.4 Å². The number of carbonyl (C=O) groups is 1. The van der Waals surface area contributed by atoms with Crippen LogP contribution in [0.3, 0.4) is 0 Å². The first kappa shape index (κ1) is 12.1. The first-order chi connectivity index (χ1) is 8.18. The second kappa shape index (κ2) is 5.33. The van der Waals surface area contributed by atoms with Crippen LogP contribution in [0.4, 0.5) is 0 Å². The fourth-order valence-electron chi connectivity index (χ4n) is 1.43. The quantitative estimate of drug-likeness (QED) is 0.924. The normalized spacial score (nSPS) is 10.2. The van der Waals surface area contributed by atoms with Gasteiger partial charge in [0.1, 0.15) is 4.88 Å². The first-order valence-electron chi connectivity index (χ1n) is 5.01. The Labute approximate surface area is 112 Å². The fraction of sp³-hybridized carbons (Fsp3) is 0.0833. The van der Waals surface area contributed by atoms with Crippen molar-refractivity contribution in [3.05, 3.63) is 51.9 Å². The van der Waals surface area contributed by atoms with Crippen LogP contribution in [0, 0.1) is 0 Å². The van der Waals surface area contributed by atoms with E-state index < -0.39 is 0 Å². The van der Waals surface area contributed by atoms with Crippen LogP contribution >= 0.6 is 27.3 Å². The Balaban J connectivity index is 2.19. The van der Waals surface area contributed by atoms with Gasteiger partial charge in [-0.05, 0) is 23.6 Å². The van der Waals surface area contributed by atoms with Crippen molar-refractivity contribution in [1.82, 2.24) is 9.88 Å². The molecule has 2 aromatic heterocycles. The molecule has 0 aromatic carbocycles. The van der Waals surface area contributed by atoms with Crippen LogP contribution in [0.5, 0.6) is 0 Å². The summed E-state index contributed by atoms with van der Waals surface area (Å²) in [5, 5.41) is 4.71. The van der Waals surface area contributed by atoms with Crippen LogP contribution in [0.15, 0.2) is 47.0 Å². The molecule has 0 aliphatic heterocycles. The van der Waals surface area contributed by atoms with Gasteiger partial charge in [-0.2, -0.15) is 0 Å². The molecule has 3 nitrogen and oxygen atoms in total. The molecule has 2 aromatic rings. The molecule has 0 spiro atoms. The molecule has 88 valence electrons. The molecular formula is C12H11BrN2OS. The van der Waals surface area contributed by atoms with E-state index in [0.717, 1.165) is 10.2 Å². The smallest absolute Gasteiger partial charge is 0.263 e. The Morgan fingerprint density at radius 1 is 1.47 bits per heavy atom. The number of thiophene rings is 1. The van der Waals surface area contributed by atoms with Crippen molar-refractivity contribution in [2.75, 3.05) is 6.54 Å². The van der Waals surface area contributed by atoms with Gasteiger partial charge < -0.3 is 9.88 Å². The number of hydrogen-bond acceptors (Lipinski definition) is 2. The molecule has 2 rings (SSSR count). The van der Waals surface area contributed by atoms with Crippen molar-refractivity contribution in [1.29, 1.82) is 0 Å². The van der Waals surface area contributed by atoms with Gasteiger partial charge >= 0.3 is 0 Å². The lowest BCUT2D eigenvalue weighted by molar-refractivity contribution is 0.0962. The largest absolute Gasteiger partial charge is 0.347 e. The molecule has 2 heterocycles. The highest BCUT2D eigenvalue weighted by atomic mass is 79.9. The maximum atomic E-state index is 12.0. The summed E-state index contributed by atoms with van der Waals surface area (Å²) < 4.78 is 2.68. The summed E-state index contributed by atoms with van der Waals surface area (Å²) in [4.78, 5) is 12.7. The number of nitrogens with one attached hydrogen (secondary N) is 1. The van der Waals surface area contributed by atoms with Crippen molar-refractivity contribution >= 4 is 33.2 Å². The second-order valence-electron chi connectivity index (χ2n) is 3.43. The maximum Gasteiger partial charge on any atom is 0.263 e. The van der Waals surface area contributed by atoms with Crippen molar-refractivity contribution in [2.24, 2.45) is 0 Å². The average molecular weight is 311 g/mol. The maximum absolute atomic E-state index is 12.0. The lowest BCUT2D eigenvalue weighted by Crippen LogP contribution is -2.24. The van der Waals surface area contributed by atoms with E-state index >= 15 is 0 Å². The summed E-state index contributed by atoms with van der Waals surface area (Å²) in [7, 11) is 0. The summed E-state index contributed by atoms with van der Waals surface area (Å²) in [5.41, 5.74) is 0.901. The molecular weight excluding hydrogens is 300 g/mol. The molecule has 0 saturated heterocycles. The number of rotatable bonds is 4. The molecule has 5 heteroatoms. The molecule has 1 amide bonds. The highest BCUT2D eigenvalue weighted by molar-refractivity contribution is 9.11. The molecule has 0 aliphatic rings. The SMILES string of the molecule is C=C(Br)CNC(=O)c1sccc1-n1cccc1. The Morgan fingerprint density at radius 3 is 2.82 bits per heavy atom. The molecule has 0 radical (unpaired) electrons. The van der Waals surface area contributed by atoms with Crippen molar-refractivity contribution in [3.8, 4) is 5.69 Å². The summed E-state index contributed by atoms with van der Waals surface area (Å²) in [6.07, 6.45) is 3.84. The van der Waals surface area contributed by atoms with Gasteiger partial charge in [-0.25, -0.2) is 0 Å². The minimum atomic E-state index is -0.0794. The van der Waals surface area contributed by atoms with E-state index in [2.05, 4.69) is 27.8 Å². The van der Waals surface area contributed by atoms with Gasteiger partial charge in [0.05, 0.1) is 5.69 Å². The van der Waals surface area contributed by atoms with E-state index in [-0.39, 0.29) is 5.91 Å². The highest BCUT2D eigenvalue weighted by Crippen LogP contribution is 2.21. The summed E-state index contributed by atoms with van der Waals surface area (Å²) >= 11 is 4.64. The third-order valence-corrected chi connectivity index (χ3v) is 3.36. The molecule has 1 N–H and O–H groups in total. The average Bonchev–Trinajstić information content (AvgIpc) is 2.94. The van der Waals surface area contributed by atoms with Crippen molar-refractivity contribution in [3.63, 3.8) is 0 Å². The predicted octanol–water partition coefficient (Wildman–Crippen LogP) is 3.18. The minimum absolute atomic E-state index is 0.0794. The van der Waals surface area contributed by atoms with Crippen LogP contribution in [0.2, 0.25) is 0 Å².